The first kappa shape index (κ1) is 16.2. The van der Waals surface area contributed by atoms with Crippen LogP contribution in [0.5, 0.6) is 0 Å². The molecular weight excluding hydrogens is 310 g/mol. The molecule has 1 unspecified atom stereocenters. The Morgan fingerprint density at radius 2 is 2.04 bits per heavy atom. The van der Waals surface area contributed by atoms with Crippen LogP contribution < -0.4 is 5.73 Å². The van der Waals surface area contributed by atoms with Gasteiger partial charge in [0.05, 0.1) is 15.4 Å². The average Bonchev–Trinajstić information content (AvgIpc) is 2.95. The number of hydrogen-bond acceptors (Lipinski definition) is 8. The van der Waals surface area contributed by atoms with E-state index in [1.54, 1.807) is 0 Å². The van der Waals surface area contributed by atoms with Crippen LogP contribution in [0.1, 0.15) is 12.0 Å². The van der Waals surface area contributed by atoms with Crippen LogP contribution in [0.2, 0.25) is 0 Å². The molecule has 120 valence electrons. The molecule has 0 bridgehead atoms. The van der Waals surface area contributed by atoms with E-state index >= 15 is 0 Å². The minimum absolute atomic E-state index is 0.133. The molecule has 0 amide bonds. The number of carboxylic acid groups (broad SMARTS) is 1. The van der Waals surface area contributed by atoms with Crippen LogP contribution in [0, 0.1) is 20.2 Å². The largest absolute Gasteiger partial charge is 0.480 e. The van der Waals surface area contributed by atoms with Crippen molar-refractivity contribution in [3.8, 4) is 0 Å². The molecule has 23 heavy (non-hydrogen) atoms. The van der Waals surface area contributed by atoms with E-state index in [0.29, 0.717) is 0 Å². The van der Waals surface area contributed by atoms with Crippen molar-refractivity contribution in [1.29, 1.82) is 0 Å². The summed E-state index contributed by atoms with van der Waals surface area (Å²) in [5.74, 6) is -1.33. The number of nitrogens with two attached hydrogens (primary N) is 1. The lowest BCUT2D eigenvalue weighted by Gasteiger charge is -2.24. The van der Waals surface area contributed by atoms with Crippen molar-refractivity contribution in [1.82, 2.24) is 0 Å². The molecule has 2 rings (SSSR count). The molecule has 1 aliphatic heterocycles. The fourth-order valence-corrected chi connectivity index (χ4v) is 2.32. The fraction of sp³-hybridized carbons (Fsp3) is 0.250. The summed E-state index contributed by atoms with van der Waals surface area (Å²) in [6.45, 7) is 0. The average molecular weight is 321 g/mol. The second-order valence-corrected chi connectivity index (χ2v) is 4.78. The van der Waals surface area contributed by atoms with E-state index in [4.69, 9.17) is 10.8 Å². The second kappa shape index (κ2) is 5.88. The second-order valence-electron chi connectivity index (χ2n) is 4.78. The molecule has 0 spiro atoms. The number of aliphatic carboxylic acids is 1. The molecule has 0 fully saturated rings. The van der Waals surface area contributed by atoms with Gasteiger partial charge in [0.15, 0.2) is 0 Å². The molecule has 0 saturated heterocycles. The van der Waals surface area contributed by atoms with E-state index in [1.807, 2.05) is 0 Å². The minimum Gasteiger partial charge on any atom is -0.480 e. The summed E-state index contributed by atoms with van der Waals surface area (Å²) in [6.07, 6.45) is 1.96. The van der Waals surface area contributed by atoms with E-state index in [9.17, 15) is 25.0 Å². The van der Waals surface area contributed by atoms with Crippen molar-refractivity contribution < 1.29 is 19.7 Å². The summed E-state index contributed by atoms with van der Waals surface area (Å²) in [6, 6.07) is 2.14. The molecule has 11 heteroatoms. The van der Waals surface area contributed by atoms with Gasteiger partial charge in [-0.05, 0) is 6.07 Å². The highest BCUT2D eigenvalue weighted by Crippen LogP contribution is 2.41. The topological polar surface area (TPSA) is 174 Å². The molecule has 0 radical (unpaired) electrons. The number of carbonyl (C=O) groups is 1. The van der Waals surface area contributed by atoms with Crippen molar-refractivity contribution in [2.24, 2.45) is 15.7 Å². The third kappa shape index (κ3) is 2.89. The Morgan fingerprint density at radius 1 is 1.35 bits per heavy atom. The van der Waals surface area contributed by atoms with Crippen LogP contribution in [-0.2, 0) is 10.3 Å². The lowest BCUT2D eigenvalue weighted by atomic mass is 9.84. The number of nitrogens with zero attached hydrogens (tertiary/aromatic N) is 4. The van der Waals surface area contributed by atoms with E-state index in [-0.39, 0.29) is 12.0 Å². The van der Waals surface area contributed by atoms with Crippen molar-refractivity contribution in [2.45, 2.75) is 18.0 Å². The Labute approximate surface area is 128 Å². The van der Waals surface area contributed by atoms with Gasteiger partial charge < -0.3 is 10.8 Å². The monoisotopic (exact) mass is 321 g/mol. The maximum Gasteiger partial charge on any atom is 0.352 e. The molecule has 2 atom stereocenters. The molecular formula is C12H11N5O6. The fourth-order valence-electron chi connectivity index (χ4n) is 2.32. The highest BCUT2D eigenvalue weighted by atomic mass is 16.6. The van der Waals surface area contributed by atoms with E-state index in [2.05, 4.69) is 9.98 Å². The number of nitro groups is 2. The predicted molar refractivity (Wildman–Crippen MR) is 78.6 cm³/mol. The third-order valence-electron chi connectivity index (χ3n) is 3.35. The normalized spacial score (nSPS) is 20.4. The lowest BCUT2D eigenvalue weighted by Crippen LogP contribution is -2.39. The highest BCUT2D eigenvalue weighted by Gasteiger charge is 2.43. The Hall–Kier alpha value is -3.21. The van der Waals surface area contributed by atoms with Crippen molar-refractivity contribution in [3.63, 3.8) is 0 Å². The summed E-state index contributed by atoms with van der Waals surface area (Å²) in [5, 5.41) is 31.3. The lowest BCUT2D eigenvalue weighted by molar-refractivity contribution is -0.423. The number of para-hydroxylation sites is 1. The van der Waals surface area contributed by atoms with Gasteiger partial charge in [-0.15, -0.1) is 0 Å². The first-order valence-corrected chi connectivity index (χ1v) is 6.27. The predicted octanol–water partition coefficient (Wildman–Crippen LogP) is 0.613. The maximum atomic E-state index is 11.3. The summed E-state index contributed by atoms with van der Waals surface area (Å²) >= 11 is 0. The van der Waals surface area contributed by atoms with E-state index < -0.39 is 38.8 Å². The zero-order valence-corrected chi connectivity index (χ0v) is 11.5. The molecule has 3 N–H and O–H groups in total. The Kier molecular flexibility index (Phi) is 4.14. The zero-order chi connectivity index (χ0) is 17.2. The Balaban J connectivity index is 2.66. The smallest absolute Gasteiger partial charge is 0.352 e. The minimum atomic E-state index is -1.54. The number of aliphatic imine (C=N–C) groups is 2. The molecule has 0 saturated carbocycles. The molecule has 1 aromatic carbocycles. The van der Waals surface area contributed by atoms with Gasteiger partial charge in [0.25, 0.3) is 0 Å². The van der Waals surface area contributed by atoms with Crippen LogP contribution in [0.3, 0.4) is 0 Å². The van der Waals surface area contributed by atoms with Gasteiger partial charge in [0, 0.05) is 18.7 Å². The van der Waals surface area contributed by atoms with E-state index in [1.165, 1.54) is 18.3 Å². The standard InChI is InChI=1S/C12H11N5O6/c13-8(11(18)19)4-12(5-14-6-15-12)7-2-1-3-9(16(20)21)10(7)17(22)23/h1-3,5-6,8H,4,13H2,(H,18,19)/t8-,12?/m0/s1. The highest BCUT2D eigenvalue weighted by molar-refractivity contribution is 5.90. The van der Waals surface area contributed by atoms with Gasteiger partial charge in [-0.1, -0.05) is 6.07 Å². The number of nitro benzene ring substituents is 2. The molecule has 1 aliphatic rings. The van der Waals surface area contributed by atoms with Gasteiger partial charge in [-0.2, -0.15) is 0 Å². The zero-order valence-electron chi connectivity index (χ0n) is 11.5. The van der Waals surface area contributed by atoms with Crippen molar-refractivity contribution in [3.05, 3.63) is 44.0 Å². The quantitative estimate of drug-likeness (QED) is 0.569. The van der Waals surface area contributed by atoms with Gasteiger partial charge >= 0.3 is 17.3 Å². The van der Waals surface area contributed by atoms with Gasteiger partial charge in [-0.25, -0.2) is 4.99 Å². The van der Waals surface area contributed by atoms with Crippen LogP contribution >= 0.6 is 0 Å². The van der Waals surface area contributed by atoms with Crippen LogP contribution in [0.25, 0.3) is 0 Å². The first-order chi connectivity index (χ1) is 10.8. The van der Waals surface area contributed by atoms with Crippen molar-refractivity contribution in [2.75, 3.05) is 0 Å². The summed E-state index contributed by atoms with van der Waals surface area (Å²) in [7, 11) is 0. The van der Waals surface area contributed by atoms with Crippen LogP contribution in [0.4, 0.5) is 11.4 Å². The molecule has 11 nitrogen and oxygen atoms in total. The van der Waals surface area contributed by atoms with Gasteiger partial charge in [-0.3, -0.25) is 30.0 Å². The summed E-state index contributed by atoms with van der Waals surface area (Å²) in [5.41, 5.74) is 2.36. The summed E-state index contributed by atoms with van der Waals surface area (Å²) < 4.78 is 0. The molecule has 1 aromatic rings. The third-order valence-corrected chi connectivity index (χ3v) is 3.35. The summed E-state index contributed by atoms with van der Waals surface area (Å²) in [4.78, 5) is 39.3. The number of benzene rings is 1. The van der Waals surface area contributed by atoms with Crippen LogP contribution in [-0.4, -0.2) is 39.5 Å². The molecule has 1 heterocycles. The molecule has 0 aliphatic carbocycles. The van der Waals surface area contributed by atoms with Crippen LogP contribution in [0.15, 0.2) is 28.2 Å². The van der Waals surface area contributed by atoms with Gasteiger partial charge in [0.1, 0.15) is 17.9 Å². The van der Waals surface area contributed by atoms with Gasteiger partial charge in [0.2, 0.25) is 0 Å². The Bertz CT molecular complexity index is 731. The molecule has 0 aromatic heterocycles. The number of hydrogen-bond donors (Lipinski definition) is 2. The Morgan fingerprint density at radius 3 is 2.52 bits per heavy atom. The maximum absolute atomic E-state index is 11.3. The van der Waals surface area contributed by atoms with Crippen molar-refractivity contribution >= 4 is 29.9 Å². The number of carboxylic acids is 1. The first-order valence-electron chi connectivity index (χ1n) is 6.27. The SMILES string of the molecule is N[C@@H](CC1(c2cccc([N+](=O)[O-])c2[N+](=O)[O-])C=NC=N1)C(=O)O. The van der Waals surface area contributed by atoms with E-state index in [0.717, 1.165) is 12.4 Å². The number of rotatable bonds is 6.